The molecular formula is C15H26N4O. The molecule has 0 aliphatic rings. The van der Waals surface area contributed by atoms with Gasteiger partial charge in [0.1, 0.15) is 5.82 Å². The standard InChI is InChI=1S/C15H26N4O/c1-4-6-7-8-9-12(3)17-15(20)13-10-11-14(16-5-2)19-18-13/h10-12H,4-9H2,1-3H3,(H,16,19)(H,17,20). The summed E-state index contributed by atoms with van der Waals surface area (Å²) in [7, 11) is 0. The number of hydrogen-bond donors (Lipinski definition) is 2. The molecule has 112 valence electrons. The fourth-order valence-electron chi connectivity index (χ4n) is 1.98. The second-order valence-electron chi connectivity index (χ2n) is 5.06. The number of amides is 1. The van der Waals surface area contributed by atoms with Crippen molar-refractivity contribution in [2.75, 3.05) is 11.9 Å². The first-order valence-corrected chi connectivity index (χ1v) is 7.55. The predicted molar refractivity (Wildman–Crippen MR) is 81.9 cm³/mol. The fraction of sp³-hybridized carbons (Fsp3) is 0.667. The molecule has 0 aromatic carbocycles. The Labute approximate surface area is 121 Å². The highest BCUT2D eigenvalue weighted by Crippen LogP contribution is 2.06. The molecule has 0 aliphatic heterocycles. The molecule has 1 aromatic rings. The van der Waals surface area contributed by atoms with Gasteiger partial charge in [-0.2, -0.15) is 0 Å². The zero-order valence-electron chi connectivity index (χ0n) is 12.8. The van der Waals surface area contributed by atoms with Crippen LogP contribution in [0.25, 0.3) is 0 Å². The van der Waals surface area contributed by atoms with Crippen LogP contribution >= 0.6 is 0 Å². The minimum atomic E-state index is -0.150. The normalized spacial score (nSPS) is 11.9. The summed E-state index contributed by atoms with van der Waals surface area (Å²) in [6.07, 6.45) is 5.88. The van der Waals surface area contributed by atoms with Crippen LogP contribution in [0.1, 0.15) is 63.4 Å². The van der Waals surface area contributed by atoms with Gasteiger partial charge in [0.05, 0.1) is 0 Å². The van der Waals surface area contributed by atoms with Gasteiger partial charge in [0.15, 0.2) is 5.69 Å². The van der Waals surface area contributed by atoms with Crippen LogP contribution in [0, 0.1) is 0 Å². The van der Waals surface area contributed by atoms with Crippen LogP contribution in [0.5, 0.6) is 0 Å². The Morgan fingerprint density at radius 3 is 2.60 bits per heavy atom. The molecular weight excluding hydrogens is 252 g/mol. The van der Waals surface area contributed by atoms with Crippen LogP contribution in [0.3, 0.4) is 0 Å². The van der Waals surface area contributed by atoms with E-state index in [4.69, 9.17) is 0 Å². The van der Waals surface area contributed by atoms with Crippen LogP contribution in [0.15, 0.2) is 12.1 Å². The maximum absolute atomic E-state index is 12.0. The Kier molecular flexibility index (Phi) is 7.62. The van der Waals surface area contributed by atoms with E-state index in [1.165, 1.54) is 19.3 Å². The highest BCUT2D eigenvalue weighted by atomic mass is 16.2. The molecule has 1 aromatic heterocycles. The molecule has 2 N–H and O–H groups in total. The second-order valence-corrected chi connectivity index (χ2v) is 5.06. The largest absolute Gasteiger partial charge is 0.369 e. The smallest absolute Gasteiger partial charge is 0.272 e. The van der Waals surface area contributed by atoms with E-state index in [0.717, 1.165) is 19.4 Å². The molecule has 0 radical (unpaired) electrons. The van der Waals surface area contributed by atoms with Crippen molar-refractivity contribution < 1.29 is 4.79 Å². The number of carbonyl (C=O) groups is 1. The summed E-state index contributed by atoms with van der Waals surface area (Å²) in [4.78, 5) is 12.0. The van der Waals surface area contributed by atoms with Gasteiger partial charge in [0.2, 0.25) is 0 Å². The number of nitrogens with zero attached hydrogens (tertiary/aromatic N) is 2. The van der Waals surface area contributed by atoms with Crippen LogP contribution < -0.4 is 10.6 Å². The lowest BCUT2D eigenvalue weighted by Crippen LogP contribution is -2.33. The van der Waals surface area contributed by atoms with Gasteiger partial charge in [-0.3, -0.25) is 4.79 Å². The van der Waals surface area contributed by atoms with Gasteiger partial charge < -0.3 is 10.6 Å². The maximum atomic E-state index is 12.0. The van der Waals surface area contributed by atoms with Crippen molar-refractivity contribution in [3.63, 3.8) is 0 Å². The molecule has 0 saturated carbocycles. The van der Waals surface area contributed by atoms with Crippen LogP contribution in [-0.4, -0.2) is 28.7 Å². The highest BCUT2D eigenvalue weighted by Gasteiger charge is 2.11. The summed E-state index contributed by atoms with van der Waals surface area (Å²) in [5.74, 6) is 0.542. The van der Waals surface area contributed by atoms with E-state index in [0.29, 0.717) is 11.5 Å². The quantitative estimate of drug-likeness (QED) is 0.681. The van der Waals surface area contributed by atoms with Crippen molar-refractivity contribution in [3.8, 4) is 0 Å². The van der Waals surface area contributed by atoms with Gasteiger partial charge in [-0.05, 0) is 32.4 Å². The zero-order chi connectivity index (χ0) is 14.8. The van der Waals surface area contributed by atoms with Gasteiger partial charge in [-0.25, -0.2) is 0 Å². The van der Waals surface area contributed by atoms with Crippen molar-refractivity contribution in [1.82, 2.24) is 15.5 Å². The minimum Gasteiger partial charge on any atom is -0.369 e. The lowest BCUT2D eigenvalue weighted by molar-refractivity contribution is 0.0932. The van der Waals surface area contributed by atoms with E-state index >= 15 is 0 Å². The molecule has 20 heavy (non-hydrogen) atoms. The van der Waals surface area contributed by atoms with Crippen molar-refractivity contribution in [2.24, 2.45) is 0 Å². The number of unbranched alkanes of at least 4 members (excludes halogenated alkanes) is 3. The molecule has 1 heterocycles. The predicted octanol–water partition coefficient (Wildman–Crippen LogP) is 3.00. The number of hydrogen-bond acceptors (Lipinski definition) is 4. The summed E-state index contributed by atoms with van der Waals surface area (Å²) >= 11 is 0. The molecule has 0 aliphatic carbocycles. The van der Waals surface area contributed by atoms with Gasteiger partial charge in [0.25, 0.3) is 5.91 Å². The van der Waals surface area contributed by atoms with Gasteiger partial charge >= 0.3 is 0 Å². The average Bonchev–Trinajstić information content (AvgIpc) is 2.45. The minimum absolute atomic E-state index is 0.150. The fourth-order valence-corrected chi connectivity index (χ4v) is 1.98. The highest BCUT2D eigenvalue weighted by molar-refractivity contribution is 5.92. The Hall–Kier alpha value is -1.65. The third kappa shape index (κ3) is 5.99. The Morgan fingerprint density at radius 2 is 2.00 bits per heavy atom. The van der Waals surface area contributed by atoms with E-state index < -0.39 is 0 Å². The number of rotatable bonds is 9. The van der Waals surface area contributed by atoms with Crippen LogP contribution in [0.4, 0.5) is 5.82 Å². The molecule has 1 amide bonds. The molecule has 0 fully saturated rings. The third-order valence-electron chi connectivity index (χ3n) is 3.12. The van der Waals surface area contributed by atoms with Gasteiger partial charge in [-0.1, -0.05) is 32.6 Å². The average molecular weight is 278 g/mol. The van der Waals surface area contributed by atoms with E-state index in [2.05, 4.69) is 27.8 Å². The Balaban J connectivity index is 2.37. The van der Waals surface area contributed by atoms with Crippen molar-refractivity contribution in [3.05, 3.63) is 17.8 Å². The van der Waals surface area contributed by atoms with E-state index in [1.54, 1.807) is 12.1 Å². The Morgan fingerprint density at radius 1 is 1.20 bits per heavy atom. The van der Waals surface area contributed by atoms with Crippen molar-refractivity contribution in [2.45, 2.75) is 58.9 Å². The van der Waals surface area contributed by atoms with E-state index in [9.17, 15) is 4.79 Å². The monoisotopic (exact) mass is 278 g/mol. The topological polar surface area (TPSA) is 66.9 Å². The number of anilines is 1. The third-order valence-corrected chi connectivity index (χ3v) is 3.12. The van der Waals surface area contributed by atoms with Crippen LogP contribution in [0.2, 0.25) is 0 Å². The van der Waals surface area contributed by atoms with E-state index in [1.807, 2.05) is 13.8 Å². The molecule has 1 rings (SSSR count). The first-order valence-electron chi connectivity index (χ1n) is 7.55. The summed E-state index contributed by atoms with van der Waals surface area (Å²) < 4.78 is 0. The van der Waals surface area contributed by atoms with Crippen molar-refractivity contribution >= 4 is 11.7 Å². The SMILES string of the molecule is CCCCCCC(C)NC(=O)c1ccc(NCC)nn1. The summed E-state index contributed by atoms with van der Waals surface area (Å²) in [5.41, 5.74) is 0.368. The number of nitrogens with one attached hydrogen (secondary N) is 2. The summed E-state index contributed by atoms with van der Waals surface area (Å²) in [5, 5.41) is 13.9. The number of aromatic nitrogens is 2. The summed E-state index contributed by atoms with van der Waals surface area (Å²) in [6.45, 7) is 7.00. The number of carbonyl (C=O) groups excluding carboxylic acids is 1. The summed E-state index contributed by atoms with van der Waals surface area (Å²) in [6, 6.07) is 3.65. The molecule has 1 atom stereocenters. The van der Waals surface area contributed by atoms with Gasteiger partial charge in [0, 0.05) is 12.6 Å². The van der Waals surface area contributed by atoms with E-state index in [-0.39, 0.29) is 11.9 Å². The molecule has 1 unspecified atom stereocenters. The molecule has 5 heteroatoms. The second kappa shape index (κ2) is 9.28. The molecule has 0 bridgehead atoms. The molecule has 0 spiro atoms. The maximum Gasteiger partial charge on any atom is 0.272 e. The van der Waals surface area contributed by atoms with Gasteiger partial charge in [-0.15, -0.1) is 10.2 Å². The lowest BCUT2D eigenvalue weighted by atomic mass is 10.1. The zero-order valence-corrected chi connectivity index (χ0v) is 12.8. The molecule has 0 saturated heterocycles. The lowest BCUT2D eigenvalue weighted by Gasteiger charge is -2.13. The molecule has 5 nitrogen and oxygen atoms in total. The van der Waals surface area contributed by atoms with Crippen molar-refractivity contribution in [1.29, 1.82) is 0 Å². The Bertz CT molecular complexity index is 391. The van der Waals surface area contributed by atoms with Crippen LogP contribution in [-0.2, 0) is 0 Å². The first kappa shape index (κ1) is 16.4. The first-order chi connectivity index (χ1) is 9.67.